The van der Waals surface area contributed by atoms with E-state index in [9.17, 15) is 9.59 Å². The molecule has 0 spiro atoms. The van der Waals surface area contributed by atoms with Gasteiger partial charge in [0, 0.05) is 25.2 Å². The number of carbonyl (C=O) groups is 1. The van der Waals surface area contributed by atoms with Crippen molar-refractivity contribution in [1.29, 1.82) is 0 Å². The summed E-state index contributed by atoms with van der Waals surface area (Å²) in [5, 5.41) is 9.82. The maximum Gasteiger partial charge on any atom is 0.419 e. The molecule has 2 N–H and O–H groups in total. The molecule has 0 radical (unpaired) electrons. The van der Waals surface area contributed by atoms with Gasteiger partial charge in [0.1, 0.15) is 12.2 Å². The average molecular weight is 328 g/mol. The number of hydrogen-bond donors (Lipinski definition) is 2. The van der Waals surface area contributed by atoms with Crippen LogP contribution >= 0.6 is 0 Å². The van der Waals surface area contributed by atoms with Crippen LogP contribution in [-0.2, 0) is 20.0 Å². The second-order valence-electron chi connectivity index (χ2n) is 5.80. The molecule has 1 aliphatic heterocycles. The summed E-state index contributed by atoms with van der Waals surface area (Å²) < 4.78 is 8.34. The van der Waals surface area contributed by atoms with Crippen molar-refractivity contribution in [3.05, 3.63) is 40.9 Å². The van der Waals surface area contributed by atoms with E-state index >= 15 is 0 Å². The van der Waals surface area contributed by atoms with Gasteiger partial charge in [0.05, 0.1) is 18.1 Å². The normalized spacial score (nSPS) is 16.8. The topological polar surface area (TPSA) is 107 Å². The molecule has 3 aromatic rings. The fraction of sp³-hybridized carbons (Fsp3) is 0.333. The Bertz CT molecular complexity index is 969. The van der Waals surface area contributed by atoms with Crippen LogP contribution in [0.4, 0.5) is 10.5 Å². The van der Waals surface area contributed by atoms with Crippen molar-refractivity contribution in [3.8, 4) is 0 Å². The maximum atomic E-state index is 12.2. The van der Waals surface area contributed by atoms with Crippen molar-refractivity contribution in [2.24, 2.45) is 7.05 Å². The number of rotatable bonds is 2. The predicted octanol–water partition coefficient (Wildman–Crippen LogP) is 0.859. The zero-order valence-corrected chi connectivity index (χ0v) is 13.0. The van der Waals surface area contributed by atoms with Crippen LogP contribution in [-0.4, -0.2) is 31.4 Å². The molecule has 9 nitrogen and oxygen atoms in total. The van der Waals surface area contributed by atoms with E-state index in [-0.39, 0.29) is 12.1 Å². The van der Waals surface area contributed by atoms with E-state index < -0.39 is 5.76 Å². The van der Waals surface area contributed by atoms with Gasteiger partial charge < -0.3 is 15.1 Å². The summed E-state index contributed by atoms with van der Waals surface area (Å²) >= 11 is 0. The summed E-state index contributed by atoms with van der Waals surface area (Å²) in [4.78, 5) is 27.8. The largest absolute Gasteiger partial charge is 0.419 e. The molecule has 0 fully saturated rings. The van der Waals surface area contributed by atoms with Crippen molar-refractivity contribution in [3.63, 3.8) is 0 Å². The minimum atomic E-state index is -0.433. The fourth-order valence-corrected chi connectivity index (χ4v) is 2.92. The quantitative estimate of drug-likeness (QED) is 0.725. The molecule has 0 saturated carbocycles. The number of aryl methyl sites for hydroxylation is 2. The Morgan fingerprint density at radius 2 is 2.29 bits per heavy atom. The van der Waals surface area contributed by atoms with Crippen LogP contribution in [0.15, 0.2) is 33.7 Å². The van der Waals surface area contributed by atoms with Crippen molar-refractivity contribution in [1.82, 2.24) is 24.6 Å². The lowest BCUT2D eigenvalue weighted by atomic mass is 10.1. The third kappa shape index (κ3) is 2.53. The Kier molecular flexibility index (Phi) is 3.33. The molecule has 124 valence electrons. The number of urea groups is 1. The number of fused-ring (bicyclic) bond motifs is 2. The van der Waals surface area contributed by atoms with E-state index in [1.165, 1.54) is 10.9 Å². The Hall–Kier alpha value is -3.10. The highest BCUT2D eigenvalue weighted by atomic mass is 16.4. The van der Waals surface area contributed by atoms with Crippen molar-refractivity contribution in [2.45, 2.75) is 25.4 Å². The van der Waals surface area contributed by atoms with Crippen LogP contribution in [0.2, 0.25) is 0 Å². The Morgan fingerprint density at radius 3 is 3.17 bits per heavy atom. The predicted molar refractivity (Wildman–Crippen MR) is 85.7 cm³/mol. The number of nitrogens with one attached hydrogen (secondary N) is 2. The molecule has 0 unspecified atom stereocenters. The zero-order valence-electron chi connectivity index (χ0n) is 13.0. The van der Waals surface area contributed by atoms with Gasteiger partial charge in [-0.05, 0) is 18.6 Å². The lowest BCUT2D eigenvalue weighted by Gasteiger charge is -2.23. The number of nitrogens with zero attached hydrogens (tertiary/aromatic N) is 4. The minimum absolute atomic E-state index is 0.00223. The van der Waals surface area contributed by atoms with Gasteiger partial charge in [-0.3, -0.25) is 4.57 Å². The Labute approximate surface area is 136 Å². The first kappa shape index (κ1) is 14.5. The maximum absolute atomic E-state index is 12.2. The molecular weight excluding hydrogens is 312 g/mol. The number of aromatic nitrogens is 4. The summed E-state index contributed by atoms with van der Waals surface area (Å²) in [6.07, 6.45) is 3.13. The van der Waals surface area contributed by atoms with Crippen LogP contribution in [0.1, 0.15) is 12.2 Å². The standard InChI is InChI=1S/C15H16N6O3/c1-20-11-4-2-9(6-12(11)24-15(20)23)18-14(22)19-10-3-5-13-16-8-17-21(13)7-10/h2,4,6,8,10H,3,5,7H2,1H3,(H2,18,19,22)/t10-/m0/s1. The van der Waals surface area contributed by atoms with Crippen LogP contribution in [0.5, 0.6) is 0 Å². The molecule has 0 aliphatic carbocycles. The Balaban J connectivity index is 1.44. The highest BCUT2D eigenvalue weighted by Gasteiger charge is 2.21. The van der Waals surface area contributed by atoms with Gasteiger partial charge in [-0.25, -0.2) is 19.3 Å². The molecule has 1 atom stereocenters. The molecule has 9 heteroatoms. The van der Waals surface area contributed by atoms with Gasteiger partial charge in [0.15, 0.2) is 5.58 Å². The van der Waals surface area contributed by atoms with Gasteiger partial charge in [-0.2, -0.15) is 5.10 Å². The van der Waals surface area contributed by atoms with Crippen molar-refractivity contribution >= 4 is 22.8 Å². The van der Waals surface area contributed by atoms with Crippen LogP contribution < -0.4 is 16.4 Å². The number of benzene rings is 1. The molecule has 1 aliphatic rings. The van der Waals surface area contributed by atoms with Gasteiger partial charge in [-0.15, -0.1) is 0 Å². The zero-order chi connectivity index (χ0) is 16.7. The lowest BCUT2D eigenvalue weighted by molar-refractivity contribution is 0.243. The summed E-state index contributed by atoms with van der Waals surface area (Å²) in [7, 11) is 1.63. The number of anilines is 1. The SMILES string of the molecule is Cn1c(=O)oc2cc(NC(=O)N[C@H]3CCc4ncnn4C3)ccc21. The van der Waals surface area contributed by atoms with E-state index in [4.69, 9.17) is 4.42 Å². The summed E-state index contributed by atoms with van der Waals surface area (Å²) in [6.45, 7) is 0.606. The number of hydrogen-bond acceptors (Lipinski definition) is 5. The third-order valence-electron chi connectivity index (χ3n) is 4.19. The number of oxazole rings is 1. The van der Waals surface area contributed by atoms with Gasteiger partial charge >= 0.3 is 11.8 Å². The number of carbonyl (C=O) groups excluding carboxylic acids is 1. The first-order valence-electron chi connectivity index (χ1n) is 7.64. The van der Waals surface area contributed by atoms with Crippen LogP contribution in [0, 0.1) is 0 Å². The van der Waals surface area contributed by atoms with Crippen LogP contribution in [0.25, 0.3) is 11.1 Å². The fourth-order valence-electron chi connectivity index (χ4n) is 2.92. The summed E-state index contributed by atoms with van der Waals surface area (Å²) in [6, 6.07) is 4.79. The van der Waals surface area contributed by atoms with Gasteiger partial charge in [-0.1, -0.05) is 0 Å². The molecule has 3 heterocycles. The Morgan fingerprint density at radius 1 is 1.42 bits per heavy atom. The smallest absolute Gasteiger partial charge is 0.408 e. The number of amides is 2. The first-order valence-corrected chi connectivity index (χ1v) is 7.64. The molecule has 24 heavy (non-hydrogen) atoms. The second kappa shape index (κ2) is 5.52. The van der Waals surface area contributed by atoms with E-state index in [0.29, 0.717) is 23.3 Å². The lowest BCUT2D eigenvalue weighted by Crippen LogP contribution is -2.43. The summed E-state index contributed by atoms with van der Waals surface area (Å²) in [5.41, 5.74) is 1.67. The molecule has 1 aromatic carbocycles. The van der Waals surface area contributed by atoms with E-state index in [2.05, 4.69) is 20.7 Å². The minimum Gasteiger partial charge on any atom is -0.408 e. The average Bonchev–Trinajstić information content (AvgIpc) is 3.12. The highest BCUT2D eigenvalue weighted by molar-refractivity contribution is 5.91. The van der Waals surface area contributed by atoms with Crippen molar-refractivity contribution < 1.29 is 9.21 Å². The second-order valence-corrected chi connectivity index (χ2v) is 5.80. The van der Waals surface area contributed by atoms with Gasteiger partial charge in [0.2, 0.25) is 0 Å². The van der Waals surface area contributed by atoms with Crippen molar-refractivity contribution in [2.75, 3.05) is 5.32 Å². The van der Waals surface area contributed by atoms with E-state index in [1.54, 1.807) is 29.9 Å². The first-order chi connectivity index (χ1) is 11.6. The monoisotopic (exact) mass is 328 g/mol. The van der Waals surface area contributed by atoms with E-state index in [1.807, 2.05) is 0 Å². The third-order valence-corrected chi connectivity index (χ3v) is 4.19. The van der Waals surface area contributed by atoms with Crippen LogP contribution in [0.3, 0.4) is 0 Å². The molecule has 4 rings (SSSR count). The molecular formula is C15H16N6O3. The van der Waals surface area contributed by atoms with E-state index in [0.717, 1.165) is 18.7 Å². The molecule has 0 saturated heterocycles. The molecule has 2 aromatic heterocycles. The molecule has 2 amide bonds. The highest BCUT2D eigenvalue weighted by Crippen LogP contribution is 2.18. The van der Waals surface area contributed by atoms with Gasteiger partial charge in [0.25, 0.3) is 0 Å². The summed E-state index contributed by atoms with van der Waals surface area (Å²) in [5.74, 6) is 0.510. The molecule has 0 bridgehead atoms.